The molecule has 136 valence electrons. The fraction of sp³-hybridized carbons (Fsp3) is 0.833. The lowest BCUT2D eigenvalue weighted by atomic mass is 9.80. The number of aliphatic carboxylic acids is 1. The lowest BCUT2D eigenvalue weighted by molar-refractivity contribution is -0.160. The summed E-state index contributed by atoms with van der Waals surface area (Å²) < 4.78 is 0. The molecule has 0 aromatic carbocycles. The topological polar surface area (TPSA) is 86.7 Å². The summed E-state index contributed by atoms with van der Waals surface area (Å²) in [5.41, 5.74) is -1.11. The van der Waals surface area contributed by atoms with Crippen molar-refractivity contribution in [3.63, 3.8) is 0 Å². The molecule has 0 spiro atoms. The Kier molecular flexibility index (Phi) is 6.63. The number of hydrogen-bond donors (Lipinski definition) is 2. The third-order valence-corrected chi connectivity index (χ3v) is 5.73. The molecule has 2 fully saturated rings. The molecule has 2 rings (SSSR count). The fourth-order valence-electron chi connectivity index (χ4n) is 4.09. The van der Waals surface area contributed by atoms with Crippen molar-refractivity contribution < 1.29 is 19.5 Å². The van der Waals surface area contributed by atoms with Crippen LogP contribution in [0.2, 0.25) is 0 Å². The maximum atomic E-state index is 12.4. The van der Waals surface area contributed by atoms with Gasteiger partial charge in [0.05, 0.1) is 6.54 Å². The minimum atomic E-state index is -1.11. The van der Waals surface area contributed by atoms with E-state index < -0.39 is 11.5 Å². The van der Waals surface area contributed by atoms with E-state index in [9.17, 15) is 19.5 Å². The summed E-state index contributed by atoms with van der Waals surface area (Å²) in [6.07, 6.45) is 9.88. The monoisotopic (exact) mass is 338 g/mol. The molecule has 0 unspecified atom stereocenters. The predicted molar refractivity (Wildman–Crippen MR) is 90.4 cm³/mol. The van der Waals surface area contributed by atoms with Crippen LogP contribution in [0.1, 0.15) is 70.6 Å². The van der Waals surface area contributed by atoms with Gasteiger partial charge in [-0.25, -0.2) is 4.79 Å². The first-order valence-electron chi connectivity index (χ1n) is 9.22. The van der Waals surface area contributed by atoms with Crippen molar-refractivity contribution in [2.75, 3.05) is 13.6 Å². The highest BCUT2D eigenvalue weighted by Crippen LogP contribution is 2.33. The molecule has 0 heterocycles. The van der Waals surface area contributed by atoms with E-state index >= 15 is 0 Å². The van der Waals surface area contributed by atoms with Gasteiger partial charge in [0.2, 0.25) is 11.8 Å². The van der Waals surface area contributed by atoms with Gasteiger partial charge in [0.1, 0.15) is 5.54 Å². The summed E-state index contributed by atoms with van der Waals surface area (Å²) in [4.78, 5) is 37.5. The molecule has 0 aromatic heterocycles. The average Bonchev–Trinajstić information content (AvgIpc) is 2.60. The molecular formula is C18H30N2O4. The van der Waals surface area contributed by atoms with Gasteiger partial charge in [0.15, 0.2) is 0 Å². The third kappa shape index (κ3) is 4.48. The first-order valence-corrected chi connectivity index (χ1v) is 9.22. The largest absolute Gasteiger partial charge is 0.479 e. The SMILES string of the molecule is CN(C(=O)CNC(=O)CC1CCCCC1)C1(C(=O)O)CCCCC1. The zero-order chi connectivity index (χ0) is 17.6. The molecule has 0 aliphatic heterocycles. The minimum Gasteiger partial charge on any atom is -0.479 e. The molecule has 0 aromatic rings. The molecule has 2 aliphatic carbocycles. The quantitative estimate of drug-likeness (QED) is 0.778. The first kappa shape index (κ1) is 18.7. The molecule has 0 bridgehead atoms. The maximum Gasteiger partial charge on any atom is 0.329 e. The summed E-state index contributed by atoms with van der Waals surface area (Å²) in [5, 5.41) is 12.3. The van der Waals surface area contributed by atoms with Crippen LogP contribution < -0.4 is 5.32 Å². The second-order valence-electron chi connectivity index (χ2n) is 7.34. The van der Waals surface area contributed by atoms with Gasteiger partial charge in [-0.2, -0.15) is 0 Å². The van der Waals surface area contributed by atoms with Gasteiger partial charge in [0.25, 0.3) is 0 Å². The summed E-state index contributed by atoms with van der Waals surface area (Å²) in [5.74, 6) is -0.935. The van der Waals surface area contributed by atoms with E-state index in [4.69, 9.17) is 0 Å². The number of hydrogen-bond acceptors (Lipinski definition) is 3. The van der Waals surface area contributed by atoms with E-state index in [1.807, 2.05) is 0 Å². The Balaban J connectivity index is 1.83. The van der Waals surface area contributed by atoms with Gasteiger partial charge in [0, 0.05) is 13.5 Å². The number of carboxylic acid groups (broad SMARTS) is 1. The van der Waals surface area contributed by atoms with Crippen LogP contribution in [0.4, 0.5) is 0 Å². The molecule has 2 N–H and O–H groups in total. The Morgan fingerprint density at radius 3 is 2.21 bits per heavy atom. The number of likely N-dealkylation sites (N-methyl/N-ethyl adjacent to an activating group) is 1. The summed E-state index contributed by atoms with van der Waals surface area (Å²) in [7, 11) is 1.55. The lowest BCUT2D eigenvalue weighted by Gasteiger charge is -2.41. The van der Waals surface area contributed by atoms with Crippen LogP contribution >= 0.6 is 0 Å². The van der Waals surface area contributed by atoms with Crippen molar-refractivity contribution in [3.8, 4) is 0 Å². The van der Waals surface area contributed by atoms with Gasteiger partial charge < -0.3 is 15.3 Å². The van der Waals surface area contributed by atoms with E-state index in [2.05, 4.69) is 5.32 Å². The zero-order valence-electron chi connectivity index (χ0n) is 14.7. The number of nitrogens with one attached hydrogen (secondary N) is 1. The number of carbonyl (C=O) groups is 3. The third-order valence-electron chi connectivity index (χ3n) is 5.73. The molecule has 6 nitrogen and oxygen atoms in total. The molecular weight excluding hydrogens is 308 g/mol. The van der Waals surface area contributed by atoms with Crippen LogP contribution in [0, 0.1) is 5.92 Å². The van der Waals surface area contributed by atoms with Crippen LogP contribution in [0.5, 0.6) is 0 Å². The summed E-state index contributed by atoms with van der Waals surface area (Å²) in [6.45, 7) is -0.114. The van der Waals surface area contributed by atoms with E-state index in [1.54, 1.807) is 7.05 Å². The van der Waals surface area contributed by atoms with E-state index in [0.717, 1.165) is 32.1 Å². The van der Waals surface area contributed by atoms with Crippen LogP contribution in [0.15, 0.2) is 0 Å². The first-order chi connectivity index (χ1) is 11.5. The normalized spacial score (nSPS) is 21.0. The van der Waals surface area contributed by atoms with Gasteiger partial charge in [-0.15, -0.1) is 0 Å². The maximum absolute atomic E-state index is 12.4. The zero-order valence-corrected chi connectivity index (χ0v) is 14.7. The number of carboxylic acids is 1. The van der Waals surface area contributed by atoms with Crippen molar-refractivity contribution in [2.45, 2.75) is 76.2 Å². The van der Waals surface area contributed by atoms with Crippen molar-refractivity contribution in [1.29, 1.82) is 0 Å². The number of carbonyl (C=O) groups excluding carboxylic acids is 2. The van der Waals surface area contributed by atoms with E-state index in [1.165, 1.54) is 24.2 Å². The Bertz CT molecular complexity index is 466. The van der Waals surface area contributed by atoms with Crippen molar-refractivity contribution in [1.82, 2.24) is 10.2 Å². The Morgan fingerprint density at radius 2 is 1.62 bits per heavy atom. The van der Waals surface area contributed by atoms with Crippen LogP contribution in [0.3, 0.4) is 0 Å². The molecule has 6 heteroatoms. The van der Waals surface area contributed by atoms with Gasteiger partial charge in [-0.1, -0.05) is 38.5 Å². The van der Waals surface area contributed by atoms with Crippen molar-refractivity contribution in [3.05, 3.63) is 0 Å². The lowest BCUT2D eigenvalue weighted by Crippen LogP contribution is -2.58. The molecule has 0 saturated heterocycles. The van der Waals surface area contributed by atoms with Crippen LogP contribution in [-0.2, 0) is 14.4 Å². The van der Waals surface area contributed by atoms with E-state index in [0.29, 0.717) is 25.2 Å². The predicted octanol–water partition coefficient (Wildman–Crippen LogP) is 2.32. The number of nitrogens with zero attached hydrogens (tertiary/aromatic N) is 1. The second-order valence-corrected chi connectivity index (χ2v) is 7.34. The van der Waals surface area contributed by atoms with Crippen molar-refractivity contribution in [2.24, 2.45) is 5.92 Å². The van der Waals surface area contributed by atoms with Gasteiger partial charge in [-0.05, 0) is 31.6 Å². The van der Waals surface area contributed by atoms with Crippen molar-refractivity contribution >= 4 is 17.8 Å². The highest BCUT2D eigenvalue weighted by molar-refractivity contribution is 5.90. The second kappa shape index (κ2) is 8.49. The number of rotatable bonds is 6. The van der Waals surface area contributed by atoms with Gasteiger partial charge in [-0.3, -0.25) is 9.59 Å². The summed E-state index contributed by atoms with van der Waals surface area (Å²) >= 11 is 0. The average molecular weight is 338 g/mol. The molecule has 0 atom stereocenters. The summed E-state index contributed by atoms with van der Waals surface area (Å²) in [6, 6.07) is 0. The smallest absolute Gasteiger partial charge is 0.329 e. The molecule has 24 heavy (non-hydrogen) atoms. The Morgan fingerprint density at radius 1 is 1.04 bits per heavy atom. The Labute approximate surface area is 144 Å². The minimum absolute atomic E-state index is 0.100. The molecule has 2 aliphatic rings. The standard InChI is InChI=1S/C18H30N2O4/c1-20(18(17(23)24)10-6-3-7-11-18)16(22)13-19-15(21)12-14-8-4-2-5-9-14/h14H,2-13H2,1H3,(H,19,21)(H,23,24). The van der Waals surface area contributed by atoms with Crippen LogP contribution in [0.25, 0.3) is 0 Å². The molecule has 0 radical (unpaired) electrons. The number of amides is 2. The highest BCUT2D eigenvalue weighted by atomic mass is 16.4. The molecule has 2 saturated carbocycles. The van der Waals surface area contributed by atoms with Gasteiger partial charge >= 0.3 is 5.97 Å². The fourth-order valence-corrected chi connectivity index (χ4v) is 4.09. The molecule has 2 amide bonds. The van der Waals surface area contributed by atoms with E-state index in [-0.39, 0.29) is 18.4 Å². The van der Waals surface area contributed by atoms with Crippen LogP contribution in [-0.4, -0.2) is 46.9 Å². The highest BCUT2D eigenvalue weighted by Gasteiger charge is 2.45. The Hall–Kier alpha value is -1.59.